The van der Waals surface area contributed by atoms with Gasteiger partial charge in [-0.25, -0.2) is 0 Å². The molecule has 2 amide bonds. The molecular weight excluding hydrogens is 290 g/mol. The van der Waals surface area contributed by atoms with E-state index in [4.69, 9.17) is 0 Å². The number of imide groups is 1. The molecule has 1 aromatic carbocycles. The predicted octanol–water partition coefficient (Wildman–Crippen LogP) is 1.42. The summed E-state index contributed by atoms with van der Waals surface area (Å²) in [5, 5.41) is 0. The van der Waals surface area contributed by atoms with Gasteiger partial charge in [0.05, 0.1) is 6.67 Å². The molecule has 3 rings (SSSR count). The average Bonchev–Trinajstić information content (AvgIpc) is 2.89. The minimum absolute atomic E-state index is 0.0248. The van der Waals surface area contributed by atoms with Crippen molar-refractivity contribution in [1.82, 2.24) is 14.7 Å². The third-order valence-corrected chi connectivity index (χ3v) is 4.43. The quantitative estimate of drug-likeness (QED) is 0.771. The molecule has 2 fully saturated rings. The largest absolute Gasteiger partial charge is 0.297 e. The molecule has 0 radical (unpaired) electrons. The van der Waals surface area contributed by atoms with Gasteiger partial charge in [0.2, 0.25) is 11.8 Å². The summed E-state index contributed by atoms with van der Waals surface area (Å²) in [6.45, 7) is 5.13. The Hall–Kier alpha value is -1.98. The highest BCUT2D eigenvalue weighted by Gasteiger charge is 2.30. The normalized spacial score (nSPS) is 20.8. The Kier molecular flexibility index (Phi) is 5.20. The number of piperazine rings is 1. The number of benzene rings is 1. The number of rotatable bonds is 5. The number of carbonyl (C=O) groups is 2. The summed E-state index contributed by atoms with van der Waals surface area (Å²) in [6, 6.07) is 10.3. The summed E-state index contributed by atoms with van der Waals surface area (Å²) in [6.07, 6.45) is 5.10. The van der Waals surface area contributed by atoms with Crippen LogP contribution in [-0.2, 0) is 9.59 Å². The fraction of sp³-hybridized carbons (Fsp3) is 0.444. The summed E-state index contributed by atoms with van der Waals surface area (Å²) in [4.78, 5) is 29.3. The summed E-state index contributed by atoms with van der Waals surface area (Å²) in [7, 11) is 0. The maximum absolute atomic E-state index is 11.7. The molecular formula is C18H23N3O2. The maximum Gasteiger partial charge on any atom is 0.230 e. The molecule has 2 aliphatic rings. The molecule has 23 heavy (non-hydrogen) atoms. The van der Waals surface area contributed by atoms with Crippen molar-refractivity contribution in [2.24, 2.45) is 0 Å². The van der Waals surface area contributed by atoms with Gasteiger partial charge in [0.25, 0.3) is 0 Å². The van der Waals surface area contributed by atoms with Crippen molar-refractivity contribution in [3.63, 3.8) is 0 Å². The van der Waals surface area contributed by atoms with Crippen LogP contribution >= 0.6 is 0 Å². The van der Waals surface area contributed by atoms with E-state index >= 15 is 0 Å². The molecule has 1 aromatic rings. The van der Waals surface area contributed by atoms with Gasteiger partial charge in [-0.05, 0) is 5.56 Å². The highest BCUT2D eigenvalue weighted by Crippen LogP contribution is 2.13. The van der Waals surface area contributed by atoms with Crippen LogP contribution in [0.3, 0.4) is 0 Å². The first-order valence-electron chi connectivity index (χ1n) is 8.22. The van der Waals surface area contributed by atoms with Crippen LogP contribution in [0.15, 0.2) is 36.4 Å². The zero-order valence-corrected chi connectivity index (χ0v) is 13.4. The monoisotopic (exact) mass is 313 g/mol. The second-order valence-electron chi connectivity index (χ2n) is 6.09. The van der Waals surface area contributed by atoms with Crippen molar-refractivity contribution >= 4 is 17.9 Å². The molecule has 5 nitrogen and oxygen atoms in total. The molecule has 0 unspecified atom stereocenters. The van der Waals surface area contributed by atoms with Gasteiger partial charge in [-0.15, -0.1) is 0 Å². The Morgan fingerprint density at radius 2 is 1.48 bits per heavy atom. The smallest absolute Gasteiger partial charge is 0.230 e. The predicted molar refractivity (Wildman–Crippen MR) is 89.4 cm³/mol. The first kappa shape index (κ1) is 15.9. The van der Waals surface area contributed by atoms with Gasteiger partial charge in [-0.2, -0.15) is 0 Å². The zero-order valence-electron chi connectivity index (χ0n) is 13.4. The lowest BCUT2D eigenvalue weighted by Crippen LogP contribution is -2.50. The van der Waals surface area contributed by atoms with Crippen molar-refractivity contribution < 1.29 is 9.59 Å². The number of hydrogen-bond acceptors (Lipinski definition) is 4. The highest BCUT2D eigenvalue weighted by atomic mass is 16.2. The Balaban J connectivity index is 1.41. The molecule has 2 heterocycles. The third kappa shape index (κ3) is 4.27. The minimum atomic E-state index is -0.0248. The lowest BCUT2D eigenvalue weighted by molar-refractivity contribution is -0.141. The highest BCUT2D eigenvalue weighted by molar-refractivity contribution is 6.01. The Labute approximate surface area is 137 Å². The van der Waals surface area contributed by atoms with E-state index in [1.165, 1.54) is 10.5 Å². The van der Waals surface area contributed by atoms with Gasteiger partial charge in [-0.1, -0.05) is 42.5 Å². The fourth-order valence-electron chi connectivity index (χ4n) is 3.00. The number of amides is 2. The zero-order chi connectivity index (χ0) is 16.1. The van der Waals surface area contributed by atoms with Crippen LogP contribution < -0.4 is 0 Å². The number of carbonyl (C=O) groups excluding carboxylic acids is 2. The van der Waals surface area contributed by atoms with Crippen LogP contribution in [0.4, 0.5) is 0 Å². The third-order valence-electron chi connectivity index (χ3n) is 4.43. The van der Waals surface area contributed by atoms with Gasteiger partial charge in [0, 0.05) is 45.6 Å². The number of likely N-dealkylation sites (tertiary alicyclic amines) is 1. The lowest BCUT2D eigenvalue weighted by Gasteiger charge is -2.35. The van der Waals surface area contributed by atoms with Gasteiger partial charge in [-0.3, -0.25) is 24.3 Å². The molecule has 0 aromatic heterocycles. The standard InChI is InChI=1S/C18H23N3O2/c22-17-8-9-18(23)21(17)15-20-13-11-19(12-14-20)10-4-7-16-5-2-1-3-6-16/h1-7H,8-15H2/b7-4+. The van der Waals surface area contributed by atoms with E-state index in [1.54, 1.807) is 0 Å². The Bertz CT molecular complexity index is 561. The van der Waals surface area contributed by atoms with E-state index in [-0.39, 0.29) is 11.8 Å². The van der Waals surface area contributed by atoms with Crippen molar-refractivity contribution in [1.29, 1.82) is 0 Å². The van der Waals surface area contributed by atoms with Gasteiger partial charge >= 0.3 is 0 Å². The molecule has 2 saturated heterocycles. The van der Waals surface area contributed by atoms with Crippen LogP contribution in [0.25, 0.3) is 6.08 Å². The summed E-state index contributed by atoms with van der Waals surface area (Å²) >= 11 is 0. The maximum atomic E-state index is 11.7. The van der Waals surface area contributed by atoms with Gasteiger partial charge in [0.1, 0.15) is 0 Å². The average molecular weight is 313 g/mol. The van der Waals surface area contributed by atoms with Crippen LogP contribution in [0.1, 0.15) is 18.4 Å². The Morgan fingerprint density at radius 3 is 2.13 bits per heavy atom. The van der Waals surface area contributed by atoms with E-state index in [9.17, 15) is 9.59 Å². The van der Waals surface area contributed by atoms with Crippen molar-refractivity contribution in [2.45, 2.75) is 12.8 Å². The van der Waals surface area contributed by atoms with Crippen LogP contribution in [0, 0.1) is 0 Å². The van der Waals surface area contributed by atoms with Crippen molar-refractivity contribution in [2.75, 3.05) is 39.4 Å². The Morgan fingerprint density at radius 1 is 0.870 bits per heavy atom. The molecule has 0 spiro atoms. The van der Waals surface area contributed by atoms with E-state index in [1.807, 2.05) is 18.2 Å². The molecule has 0 N–H and O–H groups in total. The van der Waals surface area contributed by atoms with Gasteiger partial charge < -0.3 is 0 Å². The van der Waals surface area contributed by atoms with Crippen molar-refractivity contribution in [3.8, 4) is 0 Å². The molecule has 5 heteroatoms. The minimum Gasteiger partial charge on any atom is -0.297 e. The number of hydrogen-bond donors (Lipinski definition) is 0. The molecule has 2 aliphatic heterocycles. The summed E-state index contributed by atoms with van der Waals surface area (Å²) in [5.74, 6) is -0.0496. The topological polar surface area (TPSA) is 43.9 Å². The molecule has 0 aliphatic carbocycles. The van der Waals surface area contributed by atoms with Crippen LogP contribution in [0.2, 0.25) is 0 Å². The second-order valence-corrected chi connectivity index (χ2v) is 6.09. The van der Waals surface area contributed by atoms with Gasteiger partial charge in [0.15, 0.2) is 0 Å². The SMILES string of the molecule is O=C1CCC(=O)N1CN1CCN(C/C=C/c2ccccc2)CC1. The van der Waals surface area contributed by atoms with Crippen molar-refractivity contribution in [3.05, 3.63) is 42.0 Å². The van der Waals surface area contributed by atoms with E-state index in [2.05, 4.69) is 34.1 Å². The van der Waals surface area contributed by atoms with E-state index in [0.29, 0.717) is 19.5 Å². The summed E-state index contributed by atoms with van der Waals surface area (Å²) < 4.78 is 0. The fourth-order valence-corrected chi connectivity index (χ4v) is 3.00. The van der Waals surface area contributed by atoms with E-state index < -0.39 is 0 Å². The first-order chi connectivity index (χ1) is 11.2. The van der Waals surface area contributed by atoms with Crippen LogP contribution in [0.5, 0.6) is 0 Å². The molecule has 0 saturated carbocycles. The van der Waals surface area contributed by atoms with E-state index in [0.717, 1.165) is 32.7 Å². The molecule has 0 bridgehead atoms. The first-order valence-corrected chi connectivity index (χ1v) is 8.22. The molecule has 122 valence electrons. The molecule has 0 atom stereocenters. The lowest BCUT2D eigenvalue weighted by atomic mass is 10.2. The summed E-state index contributed by atoms with van der Waals surface area (Å²) in [5.41, 5.74) is 1.22. The number of nitrogens with zero attached hydrogens (tertiary/aromatic N) is 3. The second kappa shape index (κ2) is 7.53. The van der Waals surface area contributed by atoms with Crippen LogP contribution in [-0.4, -0.2) is 65.9 Å².